The third kappa shape index (κ3) is 3.74. The van der Waals surface area contributed by atoms with Crippen LogP contribution in [0, 0.1) is 6.92 Å². The lowest BCUT2D eigenvalue weighted by molar-refractivity contribution is 0.171. The maximum absolute atomic E-state index is 12.1. The first-order valence-electron chi connectivity index (χ1n) is 7.65. The van der Waals surface area contributed by atoms with Gasteiger partial charge in [0, 0.05) is 5.69 Å². The molecule has 5 heteroatoms. The Morgan fingerprint density at radius 3 is 2.48 bits per heavy atom. The molecule has 0 bridgehead atoms. The van der Waals surface area contributed by atoms with Gasteiger partial charge in [-0.15, -0.1) is 0 Å². The fourth-order valence-electron chi connectivity index (χ4n) is 2.41. The largest absolute Gasteiger partial charge is 0.486 e. The molecule has 0 aliphatic carbocycles. The Morgan fingerprint density at radius 1 is 1.04 bits per heavy atom. The van der Waals surface area contributed by atoms with E-state index in [2.05, 4.69) is 10.6 Å². The van der Waals surface area contributed by atoms with E-state index in [1.165, 1.54) is 0 Å². The molecule has 0 radical (unpaired) electrons. The number of hydrogen-bond donors (Lipinski definition) is 2. The molecule has 2 amide bonds. The van der Waals surface area contributed by atoms with Crippen LogP contribution in [0.5, 0.6) is 11.5 Å². The SMILES string of the molecule is Cc1ccc(NC(=O)N[C@H](C)c2ccc3c(c2)OCCO3)cc1. The minimum absolute atomic E-state index is 0.142. The molecule has 0 fully saturated rings. The Morgan fingerprint density at radius 2 is 1.74 bits per heavy atom. The fraction of sp³-hybridized carbons (Fsp3) is 0.278. The summed E-state index contributed by atoms with van der Waals surface area (Å²) in [5.41, 5.74) is 2.89. The van der Waals surface area contributed by atoms with E-state index in [0.29, 0.717) is 13.2 Å². The Bertz CT molecular complexity index is 698. The lowest BCUT2D eigenvalue weighted by atomic mass is 10.1. The van der Waals surface area contributed by atoms with Crippen molar-refractivity contribution >= 4 is 11.7 Å². The number of anilines is 1. The summed E-state index contributed by atoms with van der Waals surface area (Å²) in [4.78, 5) is 12.1. The number of urea groups is 1. The van der Waals surface area contributed by atoms with E-state index in [9.17, 15) is 4.79 Å². The molecule has 2 aromatic carbocycles. The van der Waals surface area contributed by atoms with E-state index < -0.39 is 0 Å². The average Bonchev–Trinajstić information content (AvgIpc) is 2.56. The first kappa shape index (κ1) is 15.2. The molecule has 1 aliphatic rings. The van der Waals surface area contributed by atoms with Crippen LogP contribution in [0.25, 0.3) is 0 Å². The van der Waals surface area contributed by atoms with Crippen molar-refractivity contribution in [3.63, 3.8) is 0 Å². The molecular formula is C18H20N2O3. The molecule has 0 saturated heterocycles. The lowest BCUT2D eigenvalue weighted by Crippen LogP contribution is -2.31. The third-order valence-electron chi connectivity index (χ3n) is 3.72. The number of fused-ring (bicyclic) bond motifs is 1. The van der Waals surface area contributed by atoms with Crippen LogP contribution in [-0.4, -0.2) is 19.2 Å². The number of amides is 2. The zero-order valence-electron chi connectivity index (χ0n) is 13.3. The predicted octanol–water partition coefficient (Wildman–Crippen LogP) is 3.65. The summed E-state index contributed by atoms with van der Waals surface area (Å²) in [6, 6.07) is 13.0. The second kappa shape index (κ2) is 6.60. The molecule has 120 valence electrons. The quantitative estimate of drug-likeness (QED) is 0.909. The first-order valence-corrected chi connectivity index (χ1v) is 7.65. The molecule has 0 unspecified atom stereocenters. The standard InChI is InChI=1S/C18H20N2O3/c1-12-3-6-15(7-4-12)20-18(21)19-13(2)14-5-8-16-17(11-14)23-10-9-22-16/h3-8,11,13H,9-10H2,1-2H3,(H2,19,20,21)/t13-/m1/s1. The van der Waals surface area contributed by atoms with E-state index >= 15 is 0 Å². The maximum Gasteiger partial charge on any atom is 0.319 e. The molecule has 2 aromatic rings. The van der Waals surface area contributed by atoms with Crippen LogP contribution in [0.1, 0.15) is 24.1 Å². The molecule has 1 heterocycles. The van der Waals surface area contributed by atoms with Gasteiger partial charge in [-0.25, -0.2) is 4.79 Å². The van der Waals surface area contributed by atoms with Gasteiger partial charge in [0.2, 0.25) is 0 Å². The Kier molecular flexibility index (Phi) is 4.37. The highest BCUT2D eigenvalue weighted by Crippen LogP contribution is 2.32. The van der Waals surface area contributed by atoms with E-state index in [0.717, 1.165) is 28.3 Å². The number of rotatable bonds is 3. The molecule has 0 spiro atoms. The van der Waals surface area contributed by atoms with Crippen molar-refractivity contribution in [2.24, 2.45) is 0 Å². The predicted molar refractivity (Wildman–Crippen MR) is 89.2 cm³/mol. The molecule has 3 rings (SSSR count). The Balaban J connectivity index is 1.63. The topological polar surface area (TPSA) is 59.6 Å². The second-order valence-corrected chi connectivity index (χ2v) is 5.59. The van der Waals surface area contributed by atoms with Crippen LogP contribution in [0.2, 0.25) is 0 Å². The van der Waals surface area contributed by atoms with Gasteiger partial charge in [0.25, 0.3) is 0 Å². The van der Waals surface area contributed by atoms with Gasteiger partial charge in [-0.05, 0) is 43.7 Å². The molecule has 23 heavy (non-hydrogen) atoms. The highest BCUT2D eigenvalue weighted by atomic mass is 16.6. The summed E-state index contributed by atoms with van der Waals surface area (Å²) < 4.78 is 11.1. The minimum atomic E-state index is -0.240. The monoisotopic (exact) mass is 312 g/mol. The zero-order chi connectivity index (χ0) is 16.2. The highest BCUT2D eigenvalue weighted by Gasteiger charge is 2.15. The molecule has 0 aromatic heterocycles. The van der Waals surface area contributed by atoms with Gasteiger partial charge in [0.15, 0.2) is 11.5 Å². The lowest BCUT2D eigenvalue weighted by Gasteiger charge is -2.21. The van der Waals surface area contributed by atoms with E-state index in [-0.39, 0.29) is 12.1 Å². The van der Waals surface area contributed by atoms with Crippen molar-refractivity contribution < 1.29 is 14.3 Å². The van der Waals surface area contributed by atoms with Crippen molar-refractivity contribution in [1.82, 2.24) is 5.32 Å². The number of carbonyl (C=O) groups excluding carboxylic acids is 1. The molecule has 5 nitrogen and oxygen atoms in total. The van der Waals surface area contributed by atoms with Crippen LogP contribution in [0.3, 0.4) is 0 Å². The second-order valence-electron chi connectivity index (χ2n) is 5.59. The van der Waals surface area contributed by atoms with Crippen LogP contribution >= 0.6 is 0 Å². The van der Waals surface area contributed by atoms with Gasteiger partial charge in [0.05, 0.1) is 6.04 Å². The molecular weight excluding hydrogens is 292 g/mol. The van der Waals surface area contributed by atoms with Crippen molar-refractivity contribution in [1.29, 1.82) is 0 Å². The van der Waals surface area contributed by atoms with Gasteiger partial charge in [0.1, 0.15) is 13.2 Å². The van der Waals surface area contributed by atoms with Crippen molar-refractivity contribution in [2.45, 2.75) is 19.9 Å². The minimum Gasteiger partial charge on any atom is -0.486 e. The Labute approximate surface area is 135 Å². The van der Waals surface area contributed by atoms with Gasteiger partial charge in [-0.1, -0.05) is 23.8 Å². The maximum atomic E-state index is 12.1. The summed E-state index contributed by atoms with van der Waals surface area (Å²) >= 11 is 0. The summed E-state index contributed by atoms with van der Waals surface area (Å²) in [6.07, 6.45) is 0. The normalized spacial score (nSPS) is 14.0. The van der Waals surface area contributed by atoms with Crippen LogP contribution in [0.4, 0.5) is 10.5 Å². The number of carbonyl (C=O) groups is 1. The number of benzene rings is 2. The number of hydrogen-bond acceptors (Lipinski definition) is 3. The number of aryl methyl sites for hydroxylation is 1. The van der Waals surface area contributed by atoms with E-state index in [1.807, 2.05) is 56.3 Å². The smallest absolute Gasteiger partial charge is 0.319 e. The molecule has 0 saturated carbocycles. The summed E-state index contributed by atoms with van der Waals surface area (Å²) in [6.45, 7) is 5.05. The highest BCUT2D eigenvalue weighted by molar-refractivity contribution is 5.89. The van der Waals surface area contributed by atoms with Crippen LogP contribution in [0.15, 0.2) is 42.5 Å². The summed E-state index contributed by atoms with van der Waals surface area (Å²) in [5.74, 6) is 1.47. The molecule has 1 atom stereocenters. The van der Waals surface area contributed by atoms with Crippen molar-refractivity contribution in [3.8, 4) is 11.5 Å². The molecule has 1 aliphatic heterocycles. The number of nitrogens with one attached hydrogen (secondary N) is 2. The summed E-state index contributed by atoms with van der Waals surface area (Å²) in [7, 11) is 0. The van der Waals surface area contributed by atoms with Gasteiger partial charge in [-0.3, -0.25) is 0 Å². The van der Waals surface area contributed by atoms with Crippen LogP contribution < -0.4 is 20.1 Å². The van der Waals surface area contributed by atoms with E-state index in [1.54, 1.807) is 0 Å². The van der Waals surface area contributed by atoms with Crippen molar-refractivity contribution in [2.75, 3.05) is 18.5 Å². The third-order valence-corrected chi connectivity index (χ3v) is 3.72. The van der Waals surface area contributed by atoms with Gasteiger partial charge < -0.3 is 20.1 Å². The summed E-state index contributed by atoms with van der Waals surface area (Å²) in [5, 5.41) is 5.75. The Hall–Kier alpha value is -2.69. The zero-order valence-corrected chi connectivity index (χ0v) is 13.3. The van der Waals surface area contributed by atoms with Crippen LogP contribution in [-0.2, 0) is 0 Å². The molecule has 2 N–H and O–H groups in total. The average molecular weight is 312 g/mol. The first-order chi connectivity index (χ1) is 11.1. The fourth-order valence-corrected chi connectivity index (χ4v) is 2.41. The van der Waals surface area contributed by atoms with Crippen molar-refractivity contribution in [3.05, 3.63) is 53.6 Å². The van der Waals surface area contributed by atoms with Gasteiger partial charge >= 0.3 is 6.03 Å². The number of ether oxygens (including phenoxy) is 2. The van der Waals surface area contributed by atoms with Gasteiger partial charge in [-0.2, -0.15) is 0 Å². The van der Waals surface area contributed by atoms with E-state index in [4.69, 9.17) is 9.47 Å².